The van der Waals surface area contributed by atoms with Gasteiger partial charge in [0, 0.05) is 30.7 Å². The summed E-state index contributed by atoms with van der Waals surface area (Å²) in [5, 5.41) is 6.67. The van der Waals surface area contributed by atoms with Crippen LogP contribution < -0.4 is 10.6 Å². The lowest BCUT2D eigenvalue weighted by molar-refractivity contribution is -0.126. The van der Waals surface area contributed by atoms with Crippen LogP contribution in [-0.4, -0.2) is 29.0 Å². The highest BCUT2D eigenvalue weighted by Crippen LogP contribution is 2.18. The number of hydrogen-bond acceptors (Lipinski definition) is 2. The Hall–Kier alpha value is -2.30. The number of nitrogens with one attached hydrogen (secondary N) is 2. The first-order valence-corrected chi connectivity index (χ1v) is 7.32. The predicted molar refractivity (Wildman–Crippen MR) is 80.7 cm³/mol. The van der Waals surface area contributed by atoms with Gasteiger partial charge in [0.15, 0.2) is 0 Å². The highest BCUT2D eigenvalue weighted by Gasteiger charge is 2.23. The number of aryl methyl sites for hydroxylation is 1. The summed E-state index contributed by atoms with van der Waals surface area (Å²) in [5.74, 6) is -0.198. The zero-order valence-electron chi connectivity index (χ0n) is 11.8. The van der Waals surface area contributed by atoms with Gasteiger partial charge in [0.2, 0.25) is 11.8 Å². The SMILES string of the molecule is O=C(CCn1ccc2ccccc21)NCC(=O)NC1CC1. The second kappa shape index (κ2) is 5.99. The second-order valence-corrected chi connectivity index (χ2v) is 5.44. The third kappa shape index (κ3) is 3.62. The molecular weight excluding hydrogens is 266 g/mol. The molecule has 1 heterocycles. The molecular formula is C16H19N3O2. The number of amides is 2. The molecule has 2 aromatic rings. The van der Waals surface area contributed by atoms with Crippen molar-refractivity contribution in [1.82, 2.24) is 15.2 Å². The summed E-state index contributed by atoms with van der Waals surface area (Å²) in [4.78, 5) is 23.3. The predicted octanol–water partition coefficient (Wildman–Crippen LogP) is 1.43. The fraction of sp³-hybridized carbons (Fsp3) is 0.375. The second-order valence-electron chi connectivity index (χ2n) is 5.44. The minimum absolute atomic E-state index is 0.0712. The molecule has 1 fully saturated rings. The number of rotatable bonds is 6. The highest BCUT2D eigenvalue weighted by molar-refractivity contribution is 5.85. The van der Waals surface area contributed by atoms with Gasteiger partial charge in [-0.1, -0.05) is 18.2 Å². The van der Waals surface area contributed by atoms with E-state index in [2.05, 4.69) is 15.2 Å². The number of benzene rings is 1. The quantitative estimate of drug-likeness (QED) is 0.843. The van der Waals surface area contributed by atoms with Crippen molar-refractivity contribution in [3.05, 3.63) is 36.5 Å². The molecule has 5 heteroatoms. The van der Waals surface area contributed by atoms with E-state index in [1.807, 2.05) is 36.5 Å². The lowest BCUT2D eigenvalue weighted by Crippen LogP contribution is -2.38. The first-order valence-electron chi connectivity index (χ1n) is 7.32. The van der Waals surface area contributed by atoms with Crippen molar-refractivity contribution in [3.63, 3.8) is 0 Å². The van der Waals surface area contributed by atoms with Gasteiger partial charge in [0.25, 0.3) is 0 Å². The van der Waals surface area contributed by atoms with Gasteiger partial charge in [0.1, 0.15) is 0 Å². The molecule has 0 aliphatic heterocycles. The molecule has 0 saturated heterocycles. The smallest absolute Gasteiger partial charge is 0.239 e. The van der Waals surface area contributed by atoms with Gasteiger partial charge in [-0.05, 0) is 30.4 Å². The monoisotopic (exact) mass is 285 g/mol. The minimum atomic E-state index is -0.0998. The van der Waals surface area contributed by atoms with Crippen molar-refractivity contribution in [2.75, 3.05) is 6.54 Å². The molecule has 5 nitrogen and oxygen atoms in total. The van der Waals surface area contributed by atoms with Crippen molar-refractivity contribution in [2.24, 2.45) is 0 Å². The molecule has 1 aliphatic rings. The Morgan fingerprint density at radius 1 is 1.14 bits per heavy atom. The van der Waals surface area contributed by atoms with E-state index < -0.39 is 0 Å². The molecule has 1 aromatic carbocycles. The number of aromatic nitrogens is 1. The molecule has 1 aliphatic carbocycles. The summed E-state index contributed by atoms with van der Waals surface area (Å²) in [6.45, 7) is 0.686. The van der Waals surface area contributed by atoms with Crippen molar-refractivity contribution in [2.45, 2.75) is 31.8 Å². The Labute approximate surface area is 123 Å². The van der Waals surface area contributed by atoms with Gasteiger partial charge in [-0.15, -0.1) is 0 Å². The van der Waals surface area contributed by atoms with E-state index in [0.717, 1.165) is 18.4 Å². The minimum Gasteiger partial charge on any atom is -0.352 e. The maximum Gasteiger partial charge on any atom is 0.239 e. The average Bonchev–Trinajstić information content (AvgIpc) is 3.20. The Bertz CT molecular complexity index is 658. The molecule has 21 heavy (non-hydrogen) atoms. The summed E-state index contributed by atoms with van der Waals surface area (Å²) in [5.41, 5.74) is 1.12. The lowest BCUT2D eigenvalue weighted by atomic mass is 10.2. The van der Waals surface area contributed by atoms with Gasteiger partial charge in [0.05, 0.1) is 6.54 Å². The largest absolute Gasteiger partial charge is 0.352 e. The zero-order chi connectivity index (χ0) is 14.7. The zero-order valence-corrected chi connectivity index (χ0v) is 11.8. The first kappa shape index (κ1) is 13.7. The topological polar surface area (TPSA) is 63.1 Å². The van der Waals surface area contributed by atoms with Crippen LogP contribution in [0.3, 0.4) is 0 Å². The van der Waals surface area contributed by atoms with E-state index in [0.29, 0.717) is 19.0 Å². The maximum atomic E-state index is 11.8. The van der Waals surface area contributed by atoms with Crippen LogP contribution in [0.15, 0.2) is 36.5 Å². The van der Waals surface area contributed by atoms with E-state index in [1.165, 1.54) is 5.39 Å². The summed E-state index contributed by atoms with van der Waals surface area (Å²) >= 11 is 0. The number of carbonyl (C=O) groups excluding carboxylic acids is 2. The van der Waals surface area contributed by atoms with E-state index in [9.17, 15) is 9.59 Å². The Morgan fingerprint density at radius 3 is 2.76 bits per heavy atom. The standard InChI is InChI=1S/C16H19N3O2/c20-15(17-11-16(21)18-13-5-6-13)8-10-19-9-7-12-3-1-2-4-14(12)19/h1-4,7,9,13H,5-6,8,10-11H2,(H,17,20)(H,18,21). The van der Waals surface area contributed by atoms with Crippen LogP contribution in [0.5, 0.6) is 0 Å². The Morgan fingerprint density at radius 2 is 1.95 bits per heavy atom. The fourth-order valence-corrected chi connectivity index (χ4v) is 2.33. The van der Waals surface area contributed by atoms with E-state index >= 15 is 0 Å². The van der Waals surface area contributed by atoms with Gasteiger partial charge in [-0.2, -0.15) is 0 Å². The molecule has 2 N–H and O–H groups in total. The summed E-state index contributed by atoms with van der Waals surface area (Å²) in [6, 6.07) is 10.4. The molecule has 0 atom stereocenters. The Balaban J connectivity index is 1.45. The number of para-hydroxylation sites is 1. The van der Waals surface area contributed by atoms with Gasteiger partial charge < -0.3 is 15.2 Å². The third-order valence-electron chi connectivity index (χ3n) is 3.65. The van der Waals surface area contributed by atoms with Crippen molar-refractivity contribution in [3.8, 4) is 0 Å². The molecule has 0 unspecified atom stereocenters. The normalized spacial score (nSPS) is 14.1. The summed E-state index contributed by atoms with van der Waals surface area (Å²) in [7, 11) is 0. The third-order valence-corrected chi connectivity index (χ3v) is 3.65. The molecule has 2 amide bonds. The number of nitrogens with zero attached hydrogens (tertiary/aromatic N) is 1. The lowest BCUT2D eigenvalue weighted by Gasteiger charge is -2.07. The number of fused-ring (bicyclic) bond motifs is 1. The highest BCUT2D eigenvalue weighted by atomic mass is 16.2. The summed E-state index contributed by atoms with van der Waals surface area (Å²) in [6.07, 6.45) is 4.47. The van der Waals surface area contributed by atoms with E-state index in [1.54, 1.807) is 0 Å². The Kier molecular flexibility index (Phi) is 3.90. The average molecular weight is 285 g/mol. The van der Waals surface area contributed by atoms with Crippen LogP contribution in [0.4, 0.5) is 0 Å². The van der Waals surface area contributed by atoms with Crippen LogP contribution in [0.25, 0.3) is 10.9 Å². The van der Waals surface area contributed by atoms with Crippen LogP contribution in [0, 0.1) is 0 Å². The van der Waals surface area contributed by atoms with Crippen LogP contribution >= 0.6 is 0 Å². The molecule has 1 saturated carbocycles. The summed E-state index contributed by atoms with van der Waals surface area (Å²) < 4.78 is 2.05. The molecule has 1 aromatic heterocycles. The van der Waals surface area contributed by atoms with E-state index in [4.69, 9.17) is 0 Å². The van der Waals surface area contributed by atoms with Gasteiger partial charge in [-0.25, -0.2) is 0 Å². The number of hydrogen-bond donors (Lipinski definition) is 2. The molecule has 0 bridgehead atoms. The van der Waals surface area contributed by atoms with Crippen molar-refractivity contribution in [1.29, 1.82) is 0 Å². The van der Waals surface area contributed by atoms with Gasteiger partial charge >= 0.3 is 0 Å². The molecule has 0 spiro atoms. The first-order chi connectivity index (χ1) is 10.2. The van der Waals surface area contributed by atoms with Crippen molar-refractivity contribution >= 4 is 22.7 Å². The van der Waals surface area contributed by atoms with Crippen LogP contribution in [0.2, 0.25) is 0 Å². The fourth-order valence-electron chi connectivity index (χ4n) is 2.33. The van der Waals surface area contributed by atoms with Crippen LogP contribution in [0.1, 0.15) is 19.3 Å². The van der Waals surface area contributed by atoms with Gasteiger partial charge in [-0.3, -0.25) is 9.59 Å². The molecule has 3 rings (SSSR count). The molecule has 0 radical (unpaired) electrons. The number of carbonyl (C=O) groups is 2. The maximum absolute atomic E-state index is 11.8. The molecule has 110 valence electrons. The van der Waals surface area contributed by atoms with Crippen LogP contribution in [-0.2, 0) is 16.1 Å². The van der Waals surface area contributed by atoms with Crippen molar-refractivity contribution < 1.29 is 9.59 Å². The van der Waals surface area contributed by atoms with E-state index in [-0.39, 0.29) is 18.4 Å².